The molecular weight excluding hydrogens is 184 g/mol. The van der Waals surface area contributed by atoms with Crippen molar-refractivity contribution >= 4 is 0 Å². The Morgan fingerprint density at radius 1 is 1.20 bits per heavy atom. The van der Waals surface area contributed by atoms with Crippen LogP contribution in [0.2, 0.25) is 0 Å². The van der Waals surface area contributed by atoms with E-state index in [-0.39, 0.29) is 0 Å². The Hall–Kier alpha value is -0.0800. The molecule has 15 heavy (non-hydrogen) atoms. The van der Waals surface area contributed by atoms with Gasteiger partial charge in [-0.05, 0) is 51.1 Å². The number of nitrogens with two attached hydrogens (primary N) is 1. The van der Waals surface area contributed by atoms with Crippen molar-refractivity contribution in [1.29, 1.82) is 0 Å². The van der Waals surface area contributed by atoms with Crippen LogP contribution in [-0.4, -0.2) is 30.6 Å². The number of likely N-dealkylation sites (tertiary alicyclic amines) is 1. The maximum atomic E-state index is 5.94. The largest absolute Gasteiger partial charge is 0.330 e. The van der Waals surface area contributed by atoms with Gasteiger partial charge in [-0.3, -0.25) is 0 Å². The predicted molar refractivity (Wildman–Crippen MR) is 64.8 cm³/mol. The van der Waals surface area contributed by atoms with Crippen molar-refractivity contribution in [2.75, 3.05) is 19.6 Å². The lowest BCUT2D eigenvalue weighted by Crippen LogP contribution is -2.49. The van der Waals surface area contributed by atoms with Crippen LogP contribution in [-0.2, 0) is 0 Å². The van der Waals surface area contributed by atoms with E-state index in [2.05, 4.69) is 11.8 Å². The summed E-state index contributed by atoms with van der Waals surface area (Å²) in [4.78, 5) is 2.71. The van der Waals surface area contributed by atoms with E-state index in [1.54, 1.807) is 0 Å². The molecule has 0 aromatic carbocycles. The van der Waals surface area contributed by atoms with Gasteiger partial charge in [-0.15, -0.1) is 0 Å². The Balaban J connectivity index is 1.90. The molecule has 1 aliphatic heterocycles. The molecule has 0 spiro atoms. The molecule has 0 radical (unpaired) electrons. The van der Waals surface area contributed by atoms with Crippen molar-refractivity contribution in [3.05, 3.63) is 0 Å². The van der Waals surface area contributed by atoms with Crippen molar-refractivity contribution < 1.29 is 0 Å². The van der Waals surface area contributed by atoms with Crippen LogP contribution in [0.1, 0.15) is 51.9 Å². The standard InChI is InChI=1S/C13H26N2/c1-12-6-3-2-4-9-15(12)11-13(10-14)7-5-8-13/h12H,2-11,14H2,1H3. The van der Waals surface area contributed by atoms with E-state index in [0.29, 0.717) is 5.41 Å². The third-order valence-corrected chi connectivity index (χ3v) is 4.58. The summed E-state index contributed by atoms with van der Waals surface area (Å²) >= 11 is 0. The van der Waals surface area contributed by atoms with E-state index in [0.717, 1.165) is 12.6 Å². The number of hydrogen-bond acceptors (Lipinski definition) is 2. The zero-order valence-electron chi connectivity index (χ0n) is 10.2. The second-order valence-corrected chi connectivity index (χ2v) is 5.73. The summed E-state index contributed by atoms with van der Waals surface area (Å²) in [5.74, 6) is 0. The summed E-state index contributed by atoms with van der Waals surface area (Å²) in [5.41, 5.74) is 6.44. The summed E-state index contributed by atoms with van der Waals surface area (Å²) in [6.45, 7) is 5.87. The normalized spacial score (nSPS) is 32.0. The third-order valence-electron chi connectivity index (χ3n) is 4.58. The van der Waals surface area contributed by atoms with Gasteiger partial charge in [-0.2, -0.15) is 0 Å². The molecule has 2 fully saturated rings. The molecular formula is C13H26N2. The van der Waals surface area contributed by atoms with Gasteiger partial charge in [0.05, 0.1) is 0 Å². The van der Waals surface area contributed by atoms with E-state index in [1.165, 1.54) is 58.0 Å². The molecule has 88 valence electrons. The molecule has 2 aliphatic rings. The predicted octanol–water partition coefficient (Wildman–Crippen LogP) is 2.38. The Labute approximate surface area is 94.2 Å². The van der Waals surface area contributed by atoms with Gasteiger partial charge >= 0.3 is 0 Å². The van der Waals surface area contributed by atoms with Gasteiger partial charge in [0.15, 0.2) is 0 Å². The topological polar surface area (TPSA) is 29.3 Å². The molecule has 2 rings (SSSR count). The summed E-state index contributed by atoms with van der Waals surface area (Å²) in [6, 6.07) is 0.788. The molecule has 0 aromatic heterocycles. The molecule has 2 heteroatoms. The first-order chi connectivity index (χ1) is 7.26. The highest BCUT2D eigenvalue weighted by Crippen LogP contribution is 2.41. The van der Waals surface area contributed by atoms with Crippen molar-refractivity contribution in [3.63, 3.8) is 0 Å². The van der Waals surface area contributed by atoms with E-state index >= 15 is 0 Å². The minimum Gasteiger partial charge on any atom is -0.330 e. The first-order valence-corrected chi connectivity index (χ1v) is 6.70. The first-order valence-electron chi connectivity index (χ1n) is 6.70. The molecule has 2 N–H and O–H groups in total. The van der Waals surface area contributed by atoms with E-state index in [9.17, 15) is 0 Å². The van der Waals surface area contributed by atoms with Gasteiger partial charge < -0.3 is 10.6 Å². The highest BCUT2D eigenvalue weighted by molar-refractivity contribution is 4.92. The van der Waals surface area contributed by atoms with Gasteiger partial charge in [-0.1, -0.05) is 19.3 Å². The first kappa shape index (κ1) is 11.4. The van der Waals surface area contributed by atoms with Gasteiger partial charge in [0.25, 0.3) is 0 Å². The Kier molecular flexibility index (Phi) is 3.68. The monoisotopic (exact) mass is 210 g/mol. The van der Waals surface area contributed by atoms with Crippen molar-refractivity contribution in [2.45, 2.75) is 57.9 Å². The molecule has 1 heterocycles. The SMILES string of the molecule is CC1CCCCCN1CC1(CN)CCC1. The molecule has 1 saturated heterocycles. The summed E-state index contributed by atoms with van der Waals surface area (Å²) < 4.78 is 0. The van der Waals surface area contributed by atoms with Crippen LogP contribution in [0, 0.1) is 5.41 Å². The molecule has 0 amide bonds. The van der Waals surface area contributed by atoms with Crippen LogP contribution in [0.25, 0.3) is 0 Å². The molecule has 1 aliphatic carbocycles. The van der Waals surface area contributed by atoms with Crippen LogP contribution in [0.5, 0.6) is 0 Å². The Morgan fingerprint density at radius 3 is 2.60 bits per heavy atom. The van der Waals surface area contributed by atoms with Gasteiger partial charge in [0.1, 0.15) is 0 Å². The number of hydrogen-bond donors (Lipinski definition) is 1. The van der Waals surface area contributed by atoms with E-state index in [1.807, 2.05) is 0 Å². The maximum Gasteiger partial charge on any atom is 0.00671 e. The molecule has 1 unspecified atom stereocenters. The fraction of sp³-hybridized carbons (Fsp3) is 1.00. The lowest BCUT2D eigenvalue weighted by atomic mass is 9.68. The van der Waals surface area contributed by atoms with Crippen molar-refractivity contribution in [1.82, 2.24) is 4.90 Å². The van der Waals surface area contributed by atoms with Crippen LogP contribution in [0.15, 0.2) is 0 Å². The van der Waals surface area contributed by atoms with Crippen LogP contribution >= 0.6 is 0 Å². The highest BCUT2D eigenvalue weighted by atomic mass is 15.2. The van der Waals surface area contributed by atoms with Crippen molar-refractivity contribution in [3.8, 4) is 0 Å². The van der Waals surface area contributed by atoms with E-state index in [4.69, 9.17) is 5.73 Å². The molecule has 2 nitrogen and oxygen atoms in total. The van der Waals surface area contributed by atoms with Gasteiger partial charge in [0, 0.05) is 12.6 Å². The van der Waals surface area contributed by atoms with Crippen LogP contribution in [0.4, 0.5) is 0 Å². The Bertz CT molecular complexity index is 193. The molecule has 1 saturated carbocycles. The minimum atomic E-state index is 0.499. The van der Waals surface area contributed by atoms with Crippen LogP contribution in [0.3, 0.4) is 0 Å². The average Bonchev–Trinajstić information content (AvgIpc) is 2.37. The summed E-state index contributed by atoms with van der Waals surface area (Å²) in [5, 5.41) is 0. The lowest BCUT2D eigenvalue weighted by molar-refractivity contribution is 0.0567. The third kappa shape index (κ3) is 2.54. The van der Waals surface area contributed by atoms with Gasteiger partial charge in [-0.25, -0.2) is 0 Å². The van der Waals surface area contributed by atoms with Gasteiger partial charge in [0.2, 0.25) is 0 Å². The second-order valence-electron chi connectivity index (χ2n) is 5.73. The number of rotatable bonds is 3. The Morgan fingerprint density at radius 2 is 2.00 bits per heavy atom. The summed E-state index contributed by atoms with van der Waals surface area (Å²) in [6.07, 6.45) is 9.77. The molecule has 0 aromatic rings. The fourth-order valence-electron chi connectivity index (χ4n) is 3.10. The zero-order valence-corrected chi connectivity index (χ0v) is 10.2. The minimum absolute atomic E-state index is 0.499. The fourth-order valence-corrected chi connectivity index (χ4v) is 3.10. The maximum absolute atomic E-state index is 5.94. The zero-order chi connectivity index (χ0) is 10.7. The molecule has 0 bridgehead atoms. The van der Waals surface area contributed by atoms with Crippen molar-refractivity contribution in [2.24, 2.45) is 11.1 Å². The quantitative estimate of drug-likeness (QED) is 0.775. The summed E-state index contributed by atoms with van der Waals surface area (Å²) in [7, 11) is 0. The lowest BCUT2D eigenvalue weighted by Gasteiger charge is -2.45. The number of nitrogens with zero attached hydrogens (tertiary/aromatic N) is 1. The van der Waals surface area contributed by atoms with E-state index < -0.39 is 0 Å². The average molecular weight is 210 g/mol. The van der Waals surface area contributed by atoms with Crippen LogP contribution < -0.4 is 5.73 Å². The second kappa shape index (κ2) is 4.84. The molecule has 1 atom stereocenters. The smallest absolute Gasteiger partial charge is 0.00671 e. The highest BCUT2D eigenvalue weighted by Gasteiger charge is 2.38.